The summed E-state index contributed by atoms with van der Waals surface area (Å²) in [6, 6.07) is 19.0. The van der Waals surface area contributed by atoms with Crippen LogP contribution in [-0.4, -0.2) is 14.2 Å². The van der Waals surface area contributed by atoms with Gasteiger partial charge >= 0.3 is 0 Å². The van der Waals surface area contributed by atoms with Crippen molar-refractivity contribution in [1.82, 2.24) is 0 Å². The summed E-state index contributed by atoms with van der Waals surface area (Å²) in [4.78, 5) is 11.5. The maximum atomic E-state index is 12.6. The first-order valence-electron chi connectivity index (χ1n) is 7.09. The van der Waals surface area contributed by atoms with Crippen molar-refractivity contribution < 1.29 is 13.2 Å². The lowest BCUT2D eigenvalue weighted by Crippen LogP contribution is -2.13. The summed E-state index contributed by atoms with van der Waals surface area (Å²) in [5.74, 6) is -0.174. The van der Waals surface area contributed by atoms with Crippen LogP contribution in [0.25, 0.3) is 10.8 Å². The van der Waals surface area contributed by atoms with Gasteiger partial charge in [-0.25, -0.2) is 8.42 Å². The van der Waals surface area contributed by atoms with Crippen LogP contribution in [0.15, 0.2) is 71.6 Å². The molecule has 0 unspecified atom stereocenters. The SMILES string of the molecule is CC(=O)c1cccc(S(=O)(=O)Nc2cccc3ccccc23)c1. The summed E-state index contributed by atoms with van der Waals surface area (Å²) < 4.78 is 27.8. The number of benzene rings is 3. The molecule has 116 valence electrons. The van der Waals surface area contributed by atoms with Crippen LogP contribution in [0.2, 0.25) is 0 Å². The molecule has 0 bridgehead atoms. The smallest absolute Gasteiger partial charge is 0.261 e. The van der Waals surface area contributed by atoms with E-state index in [2.05, 4.69) is 4.72 Å². The minimum absolute atomic E-state index is 0.0677. The first kappa shape index (κ1) is 15.2. The summed E-state index contributed by atoms with van der Waals surface area (Å²) in [7, 11) is -3.76. The van der Waals surface area contributed by atoms with Crippen LogP contribution in [-0.2, 0) is 10.0 Å². The van der Waals surface area contributed by atoms with Crippen LogP contribution in [0.5, 0.6) is 0 Å². The van der Waals surface area contributed by atoms with Crippen molar-refractivity contribution in [3.8, 4) is 0 Å². The van der Waals surface area contributed by atoms with Crippen LogP contribution in [0.4, 0.5) is 5.69 Å². The fourth-order valence-electron chi connectivity index (χ4n) is 2.40. The fourth-order valence-corrected chi connectivity index (χ4v) is 3.53. The Bertz CT molecular complexity index is 989. The molecule has 23 heavy (non-hydrogen) atoms. The minimum Gasteiger partial charge on any atom is -0.295 e. The molecule has 0 atom stereocenters. The van der Waals surface area contributed by atoms with Crippen molar-refractivity contribution >= 4 is 32.3 Å². The van der Waals surface area contributed by atoms with E-state index in [0.29, 0.717) is 11.3 Å². The Labute approximate surface area is 134 Å². The van der Waals surface area contributed by atoms with E-state index in [0.717, 1.165) is 10.8 Å². The predicted molar refractivity (Wildman–Crippen MR) is 91.2 cm³/mol. The Hall–Kier alpha value is -2.66. The Morgan fingerprint density at radius 3 is 2.39 bits per heavy atom. The van der Waals surface area contributed by atoms with Crippen molar-refractivity contribution in [3.63, 3.8) is 0 Å². The lowest BCUT2D eigenvalue weighted by molar-refractivity contribution is 0.101. The van der Waals surface area contributed by atoms with Gasteiger partial charge in [-0.15, -0.1) is 0 Å². The number of anilines is 1. The van der Waals surface area contributed by atoms with Gasteiger partial charge in [0.05, 0.1) is 10.6 Å². The predicted octanol–water partition coefficient (Wildman–Crippen LogP) is 3.84. The standard InChI is InChI=1S/C18H15NO3S/c1-13(20)15-8-4-9-16(12-15)23(21,22)19-18-11-5-7-14-6-2-3-10-17(14)18/h2-12,19H,1H3. The van der Waals surface area contributed by atoms with E-state index in [1.54, 1.807) is 24.3 Å². The van der Waals surface area contributed by atoms with Gasteiger partial charge in [0.2, 0.25) is 0 Å². The molecule has 5 heteroatoms. The molecule has 0 aromatic heterocycles. The number of Topliss-reactive ketones (excluding diaryl/α,β-unsaturated/α-hetero) is 1. The quantitative estimate of drug-likeness (QED) is 0.741. The van der Waals surface area contributed by atoms with E-state index in [4.69, 9.17) is 0 Å². The molecule has 0 aliphatic carbocycles. The number of carbonyl (C=O) groups excluding carboxylic acids is 1. The second-order valence-electron chi connectivity index (χ2n) is 5.22. The molecule has 3 aromatic rings. The highest BCUT2D eigenvalue weighted by molar-refractivity contribution is 7.92. The number of nitrogens with one attached hydrogen (secondary N) is 1. The van der Waals surface area contributed by atoms with Crippen LogP contribution in [0, 0.1) is 0 Å². The average molecular weight is 325 g/mol. The van der Waals surface area contributed by atoms with E-state index in [-0.39, 0.29) is 10.7 Å². The van der Waals surface area contributed by atoms with Gasteiger partial charge in [0.25, 0.3) is 10.0 Å². The number of carbonyl (C=O) groups is 1. The molecule has 3 rings (SSSR count). The Morgan fingerprint density at radius 1 is 0.913 bits per heavy atom. The summed E-state index contributed by atoms with van der Waals surface area (Å²) in [5, 5.41) is 1.77. The molecule has 1 N–H and O–H groups in total. The highest BCUT2D eigenvalue weighted by atomic mass is 32.2. The van der Waals surface area contributed by atoms with Crippen molar-refractivity contribution in [2.75, 3.05) is 4.72 Å². The van der Waals surface area contributed by atoms with Gasteiger partial charge in [0.1, 0.15) is 0 Å². The third kappa shape index (κ3) is 3.10. The number of fused-ring (bicyclic) bond motifs is 1. The van der Waals surface area contributed by atoms with E-state index < -0.39 is 10.0 Å². The zero-order chi connectivity index (χ0) is 16.4. The molecule has 0 aliphatic rings. The second kappa shape index (κ2) is 5.85. The van der Waals surface area contributed by atoms with Crippen molar-refractivity contribution in [2.24, 2.45) is 0 Å². The van der Waals surface area contributed by atoms with Gasteiger partial charge in [-0.3, -0.25) is 9.52 Å². The Balaban J connectivity index is 2.04. The van der Waals surface area contributed by atoms with Gasteiger partial charge in [-0.05, 0) is 30.5 Å². The van der Waals surface area contributed by atoms with Crippen LogP contribution < -0.4 is 4.72 Å². The van der Waals surface area contributed by atoms with Crippen LogP contribution in [0.3, 0.4) is 0 Å². The fraction of sp³-hybridized carbons (Fsp3) is 0.0556. The molecule has 3 aromatic carbocycles. The second-order valence-corrected chi connectivity index (χ2v) is 6.90. The van der Waals surface area contributed by atoms with E-state index in [1.807, 2.05) is 30.3 Å². The zero-order valence-electron chi connectivity index (χ0n) is 12.5. The molecule has 0 spiro atoms. The third-order valence-corrected chi connectivity index (χ3v) is 4.95. The molecule has 0 amide bonds. The Morgan fingerprint density at radius 2 is 1.61 bits per heavy atom. The number of rotatable bonds is 4. The van der Waals surface area contributed by atoms with Crippen LogP contribution >= 0.6 is 0 Å². The van der Waals surface area contributed by atoms with Gasteiger partial charge in [-0.1, -0.05) is 48.5 Å². The van der Waals surface area contributed by atoms with Gasteiger partial charge in [-0.2, -0.15) is 0 Å². The molecule has 4 nitrogen and oxygen atoms in total. The zero-order valence-corrected chi connectivity index (χ0v) is 13.3. The van der Waals surface area contributed by atoms with E-state index >= 15 is 0 Å². The van der Waals surface area contributed by atoms with Crippen molar-refractivity contribution in [2.45, 2.75) is 11.8 Å². The molecule has 0 fully saturated rings. The third-order valence-electron chi connectivity index (χ3n) is 3.58. The first-order valence-corrected chi connectivity index (χ1v) is 8.57. The monoisotopic (exact) mass is 325 g/mol. The summed E-state index contributed by atoms with van der Waals surface area (Å²) >= 11 is 0. The molecular weight excluding hydrogens is 310 g/mol. The topological polar surface area (TPSA) is 63.2 Å². The number of hydrogen-bond acceptors (Lipinski definition) is 3. The van der Waals surface area contributed by atoms with Crippen molar-refractivity contribution in [3.05, 3.63) is 72.3 Å². The summed E-state index contributed by atoms with van der Waals surface area (Å²) in [5.41, 5.74) is 0.877. The number of sulfonamides is 1. The first-order chi connectivity index (χ1) is 11.0. The molecular formula is C18H15NO3S. The van der Waals surface area contributed by atoms with E-state index in [9.17, 15) is 13.2 Å². The maximum Gasteiger partial charge on any atom is 0.261 e. The van der Waals surface area contributed by atoms with Gasteiger partial charge < -0.3 is 0 Å². The summed E-state index contributed by atoms with van der Waals surface area (Å²) in [6.45, 7) is 1.41. The molecule has 0 heterocycles. The molecule has 0 saturated carbocycles. The molecule has 0 radical (unpaired) electrons. The normalized spacial score (nSPS) is 11.3. The van der Waals surface area contributed by atoms with Crippen molar-refractivity contribution in [1.29, 1.82) is 0 Å². The van der Waals surface area contributed by atoms with Crippen LogP contribution in [0.1, 0.15) is 17.3 Å². The number of ketones is 1. The number of hydrogen-bond donors (Lipinski definition) is 1. The van der Waals surface area contributed by atoms with Gasteiger partial charge in [0, 0.05) is 10.9 Å². The Kier molecular flexibility index (Phi) is 3.88. The maximum absolute atomic E-state index is 12.6. The molecule has 0 saturated heterocycles. The minimum atomic E-state index is -3.76. The highest BCUT2D eigenvalue weighted by Gasteiger charge is 2.16. The largest absolute Gasteiger partial charge is 0.295 e. The molecule has 0 aliphatic heterocycles. The average Bonchev–Trinajstić information content (AvgIpc) is 2.55. The lowest BCUT2D eigenvalue weighted by Gasteiger charge is -2.11. The lowest BCUT2D eigenvalue weighted by atomic mass is 10.1. The highest BCUT2D eigenvalue weighted by Crippen LogP contribution is 2.25. The van der Waals surface area contributed by atoms with Gasteiger partial charge in [0.15, 0.2) is 5.78 Å². The summed E-state index contributed by atoms with van der Waals surface area (Å²) in [6.07, 6.45) is 0. The van der Waals surface area contributed by atoms with E-state index in [1.165, 1.54) is 19.1 Å².